The summed E-state index contributed by atoms with van der Waals surface area (Å²) < 4.78 is 0. The van der Waals surface area contributed by atoms with Crippen molar-refractivity contribution in [3.05, 3.63) is 0 Å². The molecular formula is C8H10N2O. The average Bonchev–Trinajstić information content (AvgIpc) is 1.99. The third-order valence-corrected chi connectivity index (χ3v) is 1.22. The van der Waals surface area contributed by atoms with E-state index in [0.29, 0.717) is 0 Å². The topological polar surface area (TPSA) is 52.9 Å². The summed E-state index contributed by atoms with van der Waals surface area (Å²) in [5, 5.41) is 10.9. The molecule has 0 bridgehead atoms. The van der Waals surface area contributed by atoms with Crippen molar-refractivity contribution in [2.45, 2.75) is 19.9 Å². The molecule has 3 heteroatoms. The average molecular weight is 150 g/mol. The fraction of sp³-hybridized carbons (Fsp3) is 0.500. The molecule has 0 aromatic carbocycles. The van der Waals surface area contributed by atoms with Crippen LogP contribution in [0.5, 0.6) is 0 Å². The summed E-state index contributed by atoms with van der Waals surface area (Å²) in [6, 6.07) is 1.45. The lowest BCUT2D eigenvalue weighted by molar-refractivity contribution is -0.116. The molecule has 1 N–H and O–H groups in total. The van der Waals surface area contributed by atoms with Crippen molar-refractivity contribution in [3.8, 4) is 18.4 Å². The number of nitriles is 1. The number of terminal acetylenes is 1. The number of rotatable bonds is 2. The smallest absolute Gasteiger partial charge is 0.296 e. The first kappa shape index (κ1) is 9.52. The van der Waals surface area contributed by atoms with Gasteiger partial charge in [0, 0.05) is 0 Å². The molecule has 1 atom stereocenters. The summed E-state index contributed by atoms with van der Waals surface area (Å²) in [7, 11) is 0. The van der Waals surface area contributed by atoms with Gasteiger partial charge in [0.15, 0.2) is 0 Å². The van der Waals surface area contributed by atoms with Crippen molar-refractivity contribution in [3.63, 3.8) is 0 Å². The van der Waals surface area contributed by atoms with E-state index in [0.717, 1.165) is 0 Å². The van der Waals surface area contributed by atoms with Crippen LogP contribution in [0.4, 0.5) is 0 Å². The summed E-state index contributed by atoms with van der Waals surface area (Å²) in [6.45, 7) is 3.68. The Hall–Kier alpha value is -1.48. The van der Waals surface area contributed by atoms with Crippen molar-refractivity contribution in [1.82, 2.24) is 5.32 Å². The van der Waals surface area contributed by atoms with E-state index >= 15 is 0 Å². The standard InChI is InChI=1S/C8H10N2O/c1-4-8(11)10-7(5-9)6(2)3/h1,6-7H,2-3H3,(H,10,11). The van der Waals surface area contributed by atoms with Crippen molar-refractivity contribution < 1.29 is 4.79 Å². The Labute approximate surface area is 66.4 Å². The van der Waals surface area contributed by atoms with E-state index in [4.69, 9.17) is 11.7 Å². The Morgan fingerprint density at radius 2 is 2.18 bits per heavy atom. The molecule has 3 nitrogen and oxygen atoms in total. The monoisotopic (exact) mass is 150 g/mol. The maximum atomic E-state index is 10.6. The van der Waals surface area contributed by atoms with Crippen LogP contribution in [0, 0.1) is 29.6 Å². The molecule has 0 spiro atoms. The molecule has 0 aliphatic carbocycles. The Bertz CT molecular complexity index is 219. The zero-order valence-electron chi connectivity index (χ0n) is 6.59. The van der Waals surface area contributed by atoms with Gasteiger partial charge in [0.2, 0.25) is 0 Å². The van der Waals surface area contributed by atoms with Crippen LogP contribution in [0.1, 0.15) is 13.8 Å². The second-order valence-electron chi connectivity index (χ2n) is 2.47. The predicted octanol–water partition coefficient (Wildman–Crippen LogP) is 0.284. The van der Waals surface area contributed by atoms with Crippen LogP contribution in [-0.4, -0.2) is 11.9 Å². The second kappa shape index (κ2) is 4.35. The van der Waals surface area contributed by atoms with E-state index < -0.39 is 11.9 Å². The van der Waals surface area contributed by atoms with E-state index in [9.17, 15) is 4.79 Å². The molecule has 0 rings (SSSR count). The highest BCUT2D eigenvalue weighted by Crippen LogP contribution is 1.98. The van der Waals surface area contributed by atoms with Crippen LogP contribution in [-0.2, 0) is 4.79 Å². The highest BCUT2D eigenvalue weighted by Gasteiger charge is 2.12. The lowest BCUT2D eigenvalue weighted by atomic mass is 10.1. The fourth-order valence-electron chi connectivity index (χ4n) is 0.531. The molecule has 0 saturated heterocycles. The highest BCUT2D eigenvalue weighted by molar-refractivity contribution is 5.93. The summed E-state index contributed by atoms with van der Waals surface area (Å²) in [5.41, 5.74) is 0. The maximum absolute atomic E-state index is 10.6. The van der Waals surface area contributed by atoms with Crippen molar-refractivity contribution in [2.75, 3.05) is 0 Å². The third-order valence-electron chi connectivity index (χ3n) is 1.22. The van der Waals surface area contributed by atoms with E-state index in [-0.39, 0.29) is 5.92 Å². The van der Waals surface area contributed by atoms with Gasteiger partial charge < -0.3 is 5.32 Å². The Balaban J connectivity index is 4.04. The summed E-state index contributed by atoms with van der Waals surface area (Å²) >= 11 is 0. The van der Waals surface area contributed by atoms with Crippen LogP contribution in [0.3, 0.4) is 0 Å². The van der Waals surface area contributed by atoms with Gasteiger partial charge in [-0.05, 0) is 11.8 Å². The van der Waals surface area contributed by atoms with Gasteiger partial charge >= 0.3 is 0 Å². The number of amides is 1. The lowest BCUT2D eigenvalue weighted by Gasteiger charge is -2.11. The fourth-order valence-corrected chi connectivity index (χ4v) is 0.531. The number of nitrogens with zero attached hydrogens (tertiary/aromatic N) is 1. The minimum Gasteiger partial charge on any atom is -0.329 e. The van der Waals surface area contributed by atoms with Crippen molar-refractivity contribution >= 4 is 5.91 Å². The van der Waals surface area contributed by atoms with Gasteiger partial charge in [0.1, 0.15) is 6.04 Å². The molecule has 1 amide bonds. The van der Waals surface area contributed by atoms with E-state index in [1.165, 1.54) is 0 Å². The SMILES string of the molecule is C#CC(=O)NC(C#N)C(C)C. The second-order valence-corrected chi connectivity index (χ2v) is 2.47. The molecule has 0 radical (unpaired) electrons. The molecule has 0 fully saturated rings. The first-order valence-electron chi connectivity index (χ1n) is 3.28. The molecule has 0 aromatic rings. The third kappa shape index (κ3) is 3.27. The van der Waals surface area contributed by atoms with Gasteiger partial charge in [-0.15, -0.1) is 6.42 Å². The molecule has 0 aromatic heterocycles. The normalized spacial score (nSPS) is 11.4. The maximum Gasteiger partial charge on any atom is 0.296 e. The Morgan fingerprint density at radius 3 is 2.45 bits per heavy atom. The molecule has 58 valence electrons. The van der Waals surface area contributed by atoms with Gasteiger partial charge in [0.25, 0.3) is 5.91 Å². The molecule has 0 aliphatic rings. The summed E-state index contributed by atoms with van der Waals surface area (Å²) in [4.78, 5) is 10.6. The largest absolute Gasteiger partial charge is 0.329 e. The zero-order chi connectivity index (χ0) is 8.85. The molecule has 1 unspecified atom stereocenters. The molecule has 0 saturated carbocycles. The molecule has 0 heterocycles. The van der Waals surface area contributed by atoms with Crippen molar-refractivity contribution in [1.29, 1.82) is 5.26 Å². The molecule has 0 aliphatic heterocycles. The number of hydrogen-bond acceptors (Lipinski definition) is 2. The van der Waals surface area contributed by atoms with Gasteiger partial charge in [-0.2, -0.15) is 5.26 Å². The minimum atomic E-state index is -0.537. The van der Waals surface area contributed by atoms with E-state index in [1.807, 2.05) is 25.8 Å². The zero-order valence-corrected chi connectivity index (χ0v) is 6.59. The van der Waals surface area contributed by atoms with E-state index in [2.05, 4.69) is 5.32 Å². The number of carbonyl (C=O) groups excluding carboxylic acids is 1. The quantitative estimate of drug-likeness (QED) is 0.575. The van der Waals surface area contributed by atoms with Gasteiger partial charge in [-0.3, -0.25) is 4.79 Å². The number of hydrogen-bond donors (Lipinski definition) is 1. The van der Waals surface area contributed by atoms with Crippen LogP contribution in [0.15, 0.2) is 0 Å². The highest BCUT2D eigenvalue weighted by atomic mass is 16.1. The van der Waals surface area contributed by atoms with Gasteiger partial charge in [-0.1, -0.05) is 13.8 Å². The van der Waals surface area contributed by atoms with Crippen LogP contribution in [0.2, 0.25) is 0 Å². The molecule has 11 heavy (non-hydrogen) atoms. The van der Waals surface area contributed by atoms with Crippen LogP contribution >= 0.6 is 0 Å². The lowest BCUT2D eigenvalue weighted by Crippen LogP contribution is -2.36. The van der Waals surface area contributed by atoms with Gasteiger partial charge in [-0.25, -0.2) is 0 Å². The number of nitrogens with one attached hydrogen (secondary N) is 1. The molecular weight excluding hydrogens is 140 g/mol. The van der Waals surface area contributed by atoms with Crippen LogP contribution < -0.4 is 5.32 Å². The summed E-state index contributed by atoms with van der Waals surface area (Å²) in [6.07, 6.45) is 4.80. The van der Waals surface area contributed by atoms with Crippen molar-refractivity contribution in [2.24, 2.45) is 5.92 Å². The summed E-state index contributed by atoms with van der Waals surface area (Å²) in [5.74, 6) is 1.43. The van der Waals surface area contributed by atoms with Crippen LogP contribution in [0.25, 0.3) is 0 Å². The number of carbonyl (C=O) groups is 1. The van der Waals surface area contributed by atoms with Gasteiger partial charge in [0.05, 0.1) is 6.07 Å². The first-order valence-corrected chi connectivity index (χ1v) is 3.28. The predicted molar refractivity (Wildman–Crippen MR) is 41.2 cm³/mol. The Kier molecular flexibility index (Phi) is 3.77. The first-order chi connectivity index (χ1) is 5.11. The van der Waals surface area contributed by atoms with E-state index in [1.54, 1.807) is 0 Å². The Morgan fingerprint density at radius 1 is 1.64 bits per heavy atom. The minimum absolute atomic E-state index is 0.0808.